The van der Waals surface area contributed by atoms with Crippen molar-refractivity contribution in [2.45, 2.75) is 6.18 Å². The predicted molar refractivity (Wildman–Crippen MR) is 68.8 cm³/mol. The zero-order valence-corrected chi connectivity index (χ0v) is 12.3. The van der Waals surface area contributed by atoms with Crippen molar-refractivity contribution in [3.63, 3.8) is 0 Å². The number of hydrogen-bond acceptors (Lipinski definition) is 3. The van der Waals surface area contributed by atoms with Crippen LogP contribution in [0.3, 0.4) is 0 Å². The summed E-state index contributed by atoms with van der Waals surface area (Å²) in [6.07, 6.45) is -4.57. The minimum Gasteiger partial charge on any atom is -0.467 e. The van der Waals surface area contributed by atoms with Gasteiger partial charge in [0.05, 0.1) is 14.9 Å². The molecule has 2 rings (SSSR count). The Kier molecular flexibility index (Phi) is 4.27. The van der Waals surface area contributed by atoms with E-state index in [2.05, 4.69) is 30.6 Å². The number of nitrogens with zero attached hydrogens (tertiary/aromatic N) is 2. The van der Waals surface area contributed by atoms with Crippen LogP contribution in [0.1, 0.15) is 0 Å². The van der Waals surface area contributed by atoms with Crippen LogP contribution in [0.15, 0.2) is 10.5 Å². The Balaban J connectivity index is 2.60. The van der Waals surface area contributed by atoms with Crippen LogP contribution in [0, 0.1) is 5.82 Å². The lowest BCUT2D eigenvalue weighted by Gasteiger charge is -2.11. The lowest BCUT2D eigenvalue weighted by molar-refractivity contribution is -0.153. The van der Waals surface area contributed by atoms with Crippen molar-refractivity contribution in [2.75, 3.05) is 6.61 Å². The molecular weight excluding hydrogens is 391 g/mol. The van der Waals surface area contributed by atoms with E-state index in [4.69, 9.17) is 23.2 Å². The third-order valence-corrected chi connectivity index (χ3v) is 3.61. The molecule has 0 radical (unpaired) electrons. The second kappa shape index (κ2) is 5.50. The molecule has 0 unspecified atom stereocenters. The monoisotopic (exact) mass is 392 g/mol. The fraction of sp³-hybridized carbons (Fsp3) is 0.200. The highest BCUT2D eigenvalue weighted by molar-refractivity contribution is 9.10. The van der Waals surface area contributed by atoms with Gasteiger partial charge in [-0.2, -0.15) is 18.2 Å². The van der Waals surface area contributed by atoms with Gasteiger partial charge < -0.3 is 4.74 Å². The highest BCUT2D eigenvalue weighted by atomic mass is 79.9. The van der Waals surface area contributed by atoms with Crippen LogP contribution in [0.25, 0.3) is 10.9 Å². The first-order valence-corrected chi connectivity index (χ1v) is 6.44. The summed E-state index contributed by atoms with van der Waals surface area (Å²) in [5.41, 5.74) is -0.293. The van der Waals surface area contributed by atoms with Crippen molar-refractivity contribution in [3.05, 3.63) is 26.7 Å². The van der Waals surface area contributed by atoms with Gasteiger partial charge in [0, 0.05) is 0 Å². The molecule has 0 fully saturated rings. The van der Waals surface area contributed by atoms with Crippen molar-refractivity contribution < 1.29 is 22.3 Å². The summed E-state index contributed by atoms with van der Waals surface area (Å²) in [5, 5.41) is -0.607. The van der Waals surface area contributed by atoms with Crippen LogP contribution in [0.2, 0.25) is 10.3 Å². The van der Waals surface area contributed by atoms with Crippen LogP contribution in [-0.2, 0) is 0 Å². The van der Waals surface area contributed by atoms with E-state index in [0.29, 0.717) is 0 Å². The lowest BCUT2D eigenvalue weighted by atomic mass is 10.2. The van der Waals surface area contributed by atoms with E-state index in [9.17, 15) is 17.6 Å². The summed E-state index contributed by atoms with van der Waals surface area (Å²) in [6, 6.07) is 1.19. The van der Waals surface area contributed by atoms with Gasteiger partial charge in [0.15, 0.2) is 12.4 Å². The highest BCUT2D eigenvalue weighted by Crippen LogP contribution is 2.35. The van der Waals surface area contributed by atoms with Gasteiger partial charge >= 0.3 is 6.18 Å². The number of ether oxygens (including phenoxy) is 1. The number of halogens is 7. The Labute approximate surface area is 128 Å². The second-order valence-electron chi connectivity index (χ2n) is 3.58. The fourth-order valence-electron chi connectivity index (χ4n) is 1.38. The van der Waals surface area contributed by atoms with Crippen molar-refractivity contribution in [2.24, 2.45) is 0 Å². The lowest BCUT2D eigenvalue weighted by Crippen LogP contribution is -2.20. The molecule has 108 valence electrons. The van der Waals surface area contributed by atoms with Crippen molar-refractivity contribution in [1.29, 1.82) is 0 Å². The largest absolute Gasteiger partial charge is 0.467 e. The van der Waals surface area contributed by atoms with Crippen molar-refractivity contribution in [3.8, 4) is 5.88 Å². The number of aromatic nitrogens is 2. The van der Waals surface area contributed by atoms with Gasteiger partial charge in [-0.05, 0) is 33.6 Å². The standard InChI is InChI=1S/C10H3BrCl2F4N2O/c11-5-4(12)1-3-7(6(5)14)18-9(13)19-8(3)20-2-10(15,16)17/h1H,2H2. The Morgan fingerprint density at radius 2 is 1.90 bits per heavy atom. The van der Waals surface area contributed by atoms with Crippen molar-refractivity contribution in [1.82, 2.24) is 9.97 Å². The molecule has 0 amide bonds. The van der Waals surface area contributed by atoms with Gasteiger partial charge in [0.25, 0.3) is 0 Å². The summed E-state index contributed by atoms with van der Waals surface area (Å²) >= 11 is 14.2. The molecule has 0 N–H and O–H groups in total. The fourth-order valence-corrected chi connectivity index (χ4v) is 2.03. The minimum absolute atomic E-state index is 0.0576. The third-order valence-electron chi connectivity index (χ3n) is 2.14. The van der Waals surface area contributed by atoms with E-state index in [1.807, 2.05) is 0 Å². The Morgan fingerprint density at radius 1 is 1.25 bits per heavy atom. The van der Waals surface area contributed by atoms with Crippen molar-refractivity contribution >= 4 is 50.0 Å². The molecule has 1 aromatic heterocycles. The molecule has 1 aromatic carbocycles. The van der Waals surface area contributed by atoms with E-state index >= 15 is 0 Å². The van der Waals surface area contributed by atoms with Crippen LogP contribution < -0.4 is 4.74 Å². The molecule has 0 saturated carbocycles. The Morgan fingerprint density at radius 3 is 2.50 bits per heavy atom. The number of alkyl halides is 3. The first-order chi connectivity index (χ1) is 9.19. The SMILES string of the molecule is Fc1c(Br)c(Cl)cc2c(OCC(F)(F)F)nc(Cl)nc12. The van der Waals surface area contributed by atoms with Crippen LogP contribution in [0.5, 0.6) is 5.88 Å². The van der Waals surface area contributed by atoms with E-state index in [-0.39, 0.29) is 20.4 Å². The molecule has 0 atom stereocenters. The molecule has 0 aliphatic rings. The number of rotatable bonds is 2. The molecule has 10 heteroatoms. The predicted octanol–water partition coefficient (Wildman–Crippen LogP) is 4.78. The zero-order chi connectivity index (χ0) is 15.1. The molecule has 1 heterocycles. The Hall–Kier alpha value is -0.860. The summed E-state index contributed by atoms with van der Waals surface area (Å²) in [6.45, 7) is -1.59. The molecule has 3 nitrogen and oxygen atoms in total. The van der Waals surface area contributed by atoms with Crippen LogP contribution >= 0.6 is 39.1 Å². The maximum absolute atomic E-state index is 13.9. The highest BCUT2D eigenvalue weighted by Gasteiger charge is 2.29. The summed E-state index contributed by atoms with van der Waals surface area (Å²) in [5.74, 6) is -1.36. The quantitative estimate of drug-likeness (QED) is 0.418. The van der Waals surface area contributed by atoms with E-state index in [1.165, 1.54) is 6.07 Å². The molecular formula is C10H3BrCl2F4N2O. The average Bonchev–Trinajstić information content (AvgIpc) is 2.34. The van der Waals surface area contributed by atoms with E-state index < -0.39 is 29.8 Å². The van der Waals surface area contributed by atoms with Gasteiger partial charge in [-0.1, -0.05) is 11.6 Å². The van der Waals surface area contributed by atoms with Crippen LogP contribution in [-0.4, -0.2) is 22.8 Å². The van der Waals surface area contributed by atoms with E-state index in [0.717, 1.165) is 0 Å². The topological polar surface area (TPSA) is 35.0 Å². The zero-order valence-electron chi connectivity index (χ0n) is 9.23. The first-order valence-electron chi connectivity index (χ1n) is 4.89. The average molecular weight is 394 g/mol. The smallest absolute Gasteiger partial charge is 0.422 e. The molecule has 2 aromatic rings. The van der Waals surface area contributed by atoms with Gasteiger partial charge in [-0.15, -0.1) is 0 Å². The van der Waals surface area contributed by atoms with E-state index in [1.54, 1.807) is 0 Å². The molecule has 0 saturated heterocycles. The number of benzene rings is 1. The third kappa shape index (κ3) is 3.24. The van der Waals surface area contributed by atoms with Gasteiger partial charge in [-0.25, -0.2) is 9.37 Å². The maximum Gasteiger partial charge on any atom is 0.422 e. The number of fused-ring (bicyclic) bond motifs is 1. The Bertz CT molecular complexity index is 681. The van der Waals surface area contributed by atoms with Gasteiger partial charge in [0.1, 0.15) is 5.52 Å². The molecule has 0 aliphatic heterocycles. The van der Waals surface area contributed by atoms with Gasteiger partial charge in [-0.3, -0.25) is 0 Å². The molecule has 0 spiro atoms. The second-order valence-corrected chi connectivity index (χ2v) is 5.12. The maximum atomic E-state index is 13.9. The summed E-state index contributed by atoms with van der Waals surface area (Å²) in [4.78, 5) is 7.12. The molecule has 20 heavy (non-hydrogen) atoms. The normalized spacial score (nSPS) is 11.9. The molecule has 0 aliphatic carbocycles. The first kappa shape index (κ1) is 15.5. The number of hydrogen-bond donors (Lipinski definition) is 0. The summed E-state index contributed by atoms with van der Waals surface area (Å²) < 4.78 is 54.8. The van der Waals surface area contributed by atoms with Gasteiger partial charge in [0.2, 0.25) is 11.2 Å². The van der Waals surface area contributed by atoms with Crippen LogP contribution in [0.4, 0.5) is 17.6 Å². The summed E-state index contributed by atoms with van der Waals surface area (Å²) in [7, 11) is 0. The molecule has 0 bridgehead atoms. The minimum atomic E-state index is -4.57.